The van der Waals surface area contributed by atoms with E-state index in [2.05, 4.69) is 5.32 Å². The van der Waals surface area contributed by atoms with Crippen molar-refractivity contribution in [3.8, 4) is 22.5 Å². The number of fused-ring (bicyclic) bond motifs is 1. The second kappa shape index (κ2) is 13.0. The van der Waals surface area contributed by atoms with Crippen LogP contribution in [0.15, 0.2) is 65.1 Å². The number of amides is 2. The molecular weight excluding hydrogens is 609 g/mol. The average Bonchev–Trinajstić information content (AvgIpc) is 3.39. The van der Waals surface area contributed by atoms with Crippen molar-refractivity contribution in [3.63, 3.8) is 0 Å². The van der Waals surface area contributed by atoms with Gasteiger partial charge in [0.2, 0.25) is 10.0 Å². The summed E-state index contributed by atoms with van der Waals surface area (Å²) in [5.74, 6) is -2.07. The first-order chi connectivity index (χ1) is 20.9. The van der Waals surface area contributed by atoms with Crippen LogP contribution >= 0.6 is 0 Å². The maximum Gasteiger partial charge on any atom is 0.255 e. The molecule has 4 rings (SSSR count). The molecule has 0 radical (unpaired) electrons. The second-order valence-corrected chi connectivity index (χ2v) is 11.9. The van der Waals surface area contributed by atoms with Crippen molar-refractivity contribution in [2.45, 2.75) is 5.54 Å². The van der Waals surface area contributed by atoms with E-state index in [0.717, 1.165) is 10.6 Å². The summed E-state index contributed by atoms with van der Waals surface area (Å²) in [4.78, 5) is 26.0. The van der Waals surface area contributed by atoms with Gasteiger partial charge in [-0.15, -0.1) is 0 Å². The number of hydrogen-bond acceptors (Lipinski definition) is 5. The number of halogens is 5. The molecule has 44 heavy (non-hydrogen) atoms. The standard InChI is InChI=1S/C30H28F5N3O5S/c1-36-29(40)26-23-13-22(19-4-3-5-20(12-19)28(39)37-30(15-32,16-33)17-34)24(38(11-10-31)44(2,41)42)14-25(23)43-27(26)18-6-8-21(35)9-7-18/h3-9,12-14H,10-11,15-17H2,1-2H3,(H,36,40)(H,37,39). The van der Waals surface area contributed by atoms with E-state index in [0.29, 0.717) is 5.56 Å². The minimum Gasteiger partial charge on any atom is -0.455 e. The van der Waals surface area contributed by atoms with Crippen molar-refractivity contribution in [2.75, 3.05) is 50.9 Å². The van der Waals surface area contributed by atoms with Crippen molar-refractivity contribution >= 4 is 38.5 Å². The Morgan fingerprint density at radius 3 is 2.14 bits per heavy atom. The van der Waals surface area contributed by atoms with Crippen LogP contribution in [-0.2, 0) is 10.0 Å². The number of alkyl halides is 4. The van der Waals surface area contributed by atoms with E-state index in [1.54, 1.807) is 0 Å². The van der Waals surface area contributed by atoms with Crippen LogP contribution in [0.1, 0.15) is 20.7 Å². The molecule has 1 heterocycles. The molecule has 2 N–H and O–H groups in total. The molecule has 0 aliphatic carbocycles. The summed E-state index contributed by atoms with van der Waals surface area (Å²) in [6.45, 7) is -6.15. The molecule has 2 amide bonds. The number of nitrogens with zero attached hydrogens (tertiary/aromatic N) is 1. The summed E-state index contributed by atoms with van der Waals surface area (Å²) in [6, 6.07) is 13.3. The van der Waals surface area contributed by atoms with Crippen molar-refractivity contribution in [1.82, 2.24) is 10.6 Å². The summed E-state index contributed by atoms with van der Waals surface area (Å²) in [5, 5.41) is 4.75. The Balaban J connectivity index is 2.01. The normalized spacial score (nSPS) is 11.9. The molecule has 0 atom stereocenters. The van der Waals surface area contributed by atoms with Gasteiger partial charge in [-0.3, -0.25) is 13.9 Å². The topological polar surface area (TPSA) is 109 Å². The number of hydrogen-bond donors (Lipinski definition) is 2. The molecular formula is C30H28F5N3O5S. The first-order valence-electron chi connectivity index (χ1n) is 13.1. The van der Waals surface area contributed by atoms with Crippen LogP contribution in [0.2, 0.25) is 0 Å². The van der Waals surface area contributed by atoms with Gasteiger partial charge in [0.25, 0.3) is 11.8 Å². The van der Waals surface area contributed by atoms with Gasteiger partial charge in [-0.2, -0.15) is 0 Å². The predicted molar refractivity (Wildman–Crippen MR) is 157 cm³/mol. The highest BCUT2D eigenvalue weighted by Gasteiger charge is 2.33. The minimum atomic E-state index is -4.09. The molecule has 8 nitrogen and oxygen atoms in total. The maximum absolute atomic E-state index is 13.7. The number of nitrogens with one attached hydrogen (secondary N) is 2. The van der Waals surface area contributed by atoms with Crippen LogP contribution in [0, 0.1) is 5.82 Å². The first kappa shape index (κ1) is 32.5. The van der Waals surface area contributed by atoms with Crippen molar-refractivity contribution in [1.29, 1.82) is 0 Å². The number of furan rings is 1. The Morgan fingerprint density at radius 2 is 1.57 bits per heavy atom. The SMILES string of the molecule is CNC(=O)c1c(-c2ccc(F)cc2)oc2cc(N(CCF)S(C)(=O)=O)c(-c3cccc(C(=O)NC(CF)(CF)CF)c3)cc12. The number of carbonyl (C=O) groups excluding carboxylic acids is 2. The fourth-order valence-corrected chi connectivity index (χ4v) is 5.52. The Kier molecular flexibility index (Phi) is 9.62. The van der Waals surface area contributed by atoms with Gasteiger partial charge in [0.05, 0.1) is 24.1 Å². The Hall–Kier alpha value is -4.46. The zero-order valence-corrected chi connectivity index (χ0v) is 24.4. The van der Waals surface area contributed by atoms with Gasteiger partial charge < -0.3 is 15.1 Å². The van der Waals surface area contributed by atoms with Gasteiger partial charge in [0.15, 0.2) is 0 Å². The molecule has 1 aromatic heterocycles. The molecule has 4 aromatic rings. The third-order valence-electron chi connectivity index (χ3n) is 6.91. The number of anilines is 1. The van der Waals surface area contributed by atoms with Crippen molar-refractivity contribution in [2.24, 2.45) is 0 Å². The summed E-state index contributed by atoms with van der Waals surface area (Å²) in [6.07, 6.45) is 0.868. The van der Waals surface area contributed by atoms with E-state index in [-0.39, 0.29) is 44.7 Å². The number of rotatable bonds is 12. The highest BCUT2D eigenvalue weighted by molar-refractivity contribution is 7.92. The summed E-state index contributed by atoms with van der Waals surface area (Å²) >= 11 is 0. The Labute approximate surface area is 249 Å². The van der Waals surface area contributed by atoms with Crippen LogP contribution in [0.3, 0.4) is 0 Å². The molecule has 0 spiro atoms. The lowest BCUT2D eigenvalue weighted by Crippen LogP contribution is -2.54. The summed E-state index contributed by atoms with van der Waals surface area (Å²) in [7, 11) is -2.71. The molecule has 0 aliphatic heterocycles. The third kappa shape index (κ3) is 6.39. The zero-order valence-electron chi connectivity index (χ0n) is 23.6. The highest BCUT2D eigenvalue weighted by atomic mass is 32.2. The number of benzene rings is 3. The quantitative estimate of drug-likeness (QED) is 0.203. The van der Waals surface area contributed by atoms with Crippen LogP contribution < -0.4 is 14.9 Å². The van der Waals surface area contributed by atoms with E-state index in [1.807, 2.05) is 5.32 Å². The van der Waals surface area contributed by atoms with Gasteiger partial charge in [0.1, 0.15) is 49.4 Å². The van der Waals surface area contributed by atoms with Crippen molar-refractivity contribution < 1.29 is 44.4 Å². The average molecular weight is 638 g/mol. The molecule has 0 saturated heterocycles. The molecule has 14 heteroatoms. The molecule has 0 fully saturated rings. The van der Waals surface area contributed by atoms with E-state index in [9.17, 15) is 40.0 Å². The van der Waals surface area contributed by atoms with Crippen molar-refractivity contribution in [3.05, 3.63) is 77.6 Å². The zero-order chi connectivity index (χ0) is 32.2. The molecule has 0 bridgehead atoms. The summed E-state index contributed by atoms with van der Waals surface area (Å²) < 4.78 is 100. The maximum atomic E-state index is 13.7. The predicted octanol–water partition coefficient (Wildman–Crippen LogP) is 5.38. The second-order valence-electron chi connectivity index (χ2n) is 10.00. The molecule has 0 saturated carbocycles. The van der Waals surface area contributed by atoms with Crippen LogP contribution in [-0.4, -0.2) is 72.3 Å². The van der Waals surface area contributed by atoms with Gasteiger partial charge in [0, 0.05) is 35.2 Å². The molecule has 3 aromatic carbocycles. The molecule has 0 unspecified atom stereocenters. The van der Waals surface area contributed by atoms with Gasteiger partial charge in [-0.1, -0.05) is 12.1 Å². The first-order valence-corrected chi connectivity index (χ1v) is 15.0. The largest absolute Gasteiger partial charge is 0.455 e. The lowest BCUT2D eigenvalue weighted by Gasteiger charge is -2.26. The lowest BCUT2D eigenvalue weighted by atomic mass is 9.96. The van der Waals surface area contributed by atoms with E-state index >= 15 is 0 Å². The van der Waals surface area contributed by atoms with Crippen LogP contribution in [0.25, 0.3) is 33.4 Å². The highest BCUT2D eigenvalue weighted by Crippen LogP contribution is 2.41. The molecule has 0 aliphatic rings. The van der Waals surface area contributed by atoms with E-state index < -0.39 is 66.4 Å². The summed E-state index contributed by atoms with van der Waals surface area (Å²) in [5.41, 5.74) is -1.85. The monoisotopic (exact) mass is 637 g/mol. The fraction of sp³-hybridized carbons (Fsp3) is 0.267. The van der Waals surface area contributed by atoms with Gasteiger partial charge in [-0.05, 0) is 48.0 Å². The molecule has 234 valence electrons. The third-order valence-corrected chi connectivity index (χ3v) is 8.09. The number of carbonyl (C=O) groups is 2. The van der Waals surface area contributed by atoms with Gasteiger partial charge in [-0.25, -0.2) is 30.4 Å². The minimum absolute atomic E-state index is 0.0332. The van der Waals surface area contributed by atoms with Gasteiger partial charge >= 0.3 is 0 Å². The van der Waals surface area contributed by atoms with E-state index in [4.69, 9.17) is 4.42 Å². The fourth-order valence-electron chi connectivity index (χ4n) is 4.61. The van der Waals surface area contributed by atoms with Crippen LogP contribution in [0.5, 0.6) is 0 Å². The lowest BCUT2D eigenvalue weighted by molar-refractivity contribution is 0.0810. The van der Waals surface area contributed by atoms with Crippen LogP contribution in [0.4, 0.5) is 27.6 Å². The Morgan fingerprint density at radius 1 is 0.909 bits per heavy atom. The van der Waals surface area contributed by atoms with E-state index in [1.165, 1.54) is 67.7 Å². The number of sulfonamides is 1. The Bertz CT molecular complexity index is 1780. The smallest absolute Gasteiger partial charge is 0.255 e.